The molecule has 4 nitrogen and oxygen atoms in total. The highest BCUT2D eigenvalue weighted by molar-refractivity contribution is 5.93. The zero-order chi connectivity index (χ0) is 13.8. The minimum absolute atomic E-state index is 0.0319. The average Bonchev–Trinajstić information content (AvgIpc) is 3.03. The molecule has 1 aliphatic heterocycles. The Morgan fingerprint density at radius 3 is 2.65 bits per heavy atom. The van der Waals surface area contributed by atoms with Gasteiger partial charge < -0.3 is 9.42 Å². The summed E-state index contributed by atoms with van der Waals surface area (Å²) in [5, 5.41) is 3.59. The third kappa shape index (κ3) is 2.90. The predicted octanol–water partition coefficient (Wildman–Crippen LogP) is 2.77. The van der Waals surface area contributed by atoms with Crippen LogP contribution in [0.25, 0.3) is 0 Å². The van der Waals surface area contributed by atoms with Gasteiger partial charge in [0, 0.05) is 13.1 Å². The van der Waals surface area contributed by atoms with Gasteiger partial charge in [0.05, 0.1) is 11.8 Å². The summed E-state index contributed by atoms with van der Waals surface area (Å²) in [7, 11) is 0. The van der Waals surface area contributed by atoms with Crippen LogP contribution in [0.15, 0.2) is 47.3 Å². The summed E-state index contributed by atoms with van der Waals surface area (Å²) in [6.45, 7) is 1.64. The molecular formula is C16H18N2O2. The molecule has 1 amide bonds. The molecule has 1 aromatic carbocycles. The van der Waals surface area contributed by atoms with E-state index in [2.05, 4.69) is 29.4 Å². The van der Waals surface area contributed by atoms with Crippen LogP contribution in [0.3, 0.4) is 0 Å². The first kappa shape index (κ1) is 12.9. The number of amides is 1. The molecule has 1 aromatic heterocycles. The molecular weight excluding hydrogens is 252 g/mol. The summed E-state index contributed by atoms with van der Waals surface area (Å²) >= 11 is 0. The van der Waals surface area contributed by atoms with E-state index in [0.29, 0.717) is 11.5 Å². The smallest absolute Gasteiger partial charge is 0.258 e. The molecule has 2 heterocycles. The van der Waals surface area contributed by atoms with Crippen LogP contribution >= 0.6 is 0 Å². The van der Waals surface area contributed by atoms with Crippen molar-refractivity contribution in [2.45, 2.75) is 19.3 Å². The summed E-state index contributed by atoms with van der Waals surface area (Å²) in [4.78, 5) is 14.0. The average molecular weight is 270 g/mol. The van der Waals surface area contributed by atoms with E-state index < -0.39 is 0 Å². The van der Waals surface area contributed by atoms with Crippen molar-refractivity contribution in [1.82, 2.24) is 10.1 Å². The Bertz CT molecular complexity index is 543. The third-order valence-corrected chi connectivity index (χ3v) is 3.95. The van der Waals surface area contributed by atoms with Crippen LogP contribution < -0.4 is 0 Å². The largest absolute Gasteiger partial charge is 0.364 e. The fraction of sp³-hybridized carbons (Fsp3) is 0.375. The molecule has 1 aliphatic rings. The summed E-state index contributed by atoms with van der Waals surface area (Å²) in [6.07, 6.45) is 6.13. The second kappa shape index (κ2) is 5.90. The Balaban J connectivity index is 1.53. The van der Waals surface area contributed by atoms with Crippen molar-refractivity contribution in [2.75, 3.05) is 13.1 Å². The van der Waals surface area contributed by atoms with Crippen LogP contribution in [0.1, 0.15) is 28.8 Å². The Morgan fingerprint density at radius 2 is 2.00 bits per heavy atom. The molecule has 0 radical (unpaired) electrons. The van der Waals surface area contributed by atoms with Crippen molar-refractivity contribution in [3.63, 3.8) is 0 Å². The lowest BCUT2D eigenvalue weighted by Crippen LogP contribution is -2.38. The van der Waals surface area contributed by atoms with E-state index >= 15 is 0 Å². The Kier molecular flexibility index (Phi) is 3.81. The molecule has 20 heavy (non-hydrogen) atoms. The zero-order valence-corrected chi connectivity index (χ0v) is 11.4. The van der Waals surface area contributed by atoms with E-state index in [1.165, 1.54) is 18.0 Å². The first-order valence-corrected chi connectivity index (χ1v) is 7.05. The number of nitrogens with zero attached hydrogens (tertiary/aromatic N) is 2. The van der Waals surface area contributed by atoms with Crippen molar-refractivity contribution in [3.05, 3.63) is 53.9 Å². The van der Waals surface area contributed by atoms with Gasteiger partial charge in [-0.25, -0.2) is 0 Å². The number of benzene rings is 1. The van der Waals surface area contributed by atoms with Crippen molar-refractivity contribution in [3.8, 4) is 0 Å². The normalized spacial score (nSPS) is 16.3. The maximum Gasteiger partial charge on any atom is 0.258 e. The molecule has 2 aromatic rings. The van der Waals surface area contributed by atoms with Gasteiger partial charge in [0.15, 0.2) is 0 Å². The number of hydrogen-bond acceptors (Lipinski definition) is 3. The lowest BCUT2D eigenvalue weighted by Gasteiger charge is -2.31. The van der Waals surface area contributed by atoms with Crippen LogP contribution in [-0.4, -0.2) is 29.1 Å². The number of carbonyl (C=O) groups excluding carboxylic acids is 1. The first-order chi connectivity index (χ1) is 9.83. The second-order valence-corrected chi connectivity index (χ2v) is 5.34. The number of rotatable bonds is 3. The molecule has 0 bridgehead atoms. The van der Waals surface area contributed by atoms with Crippen LogP contribution in [0.4, 0.5) is 0 Å². The van der Waals surface area contributed by atoms with E-state index in [-0.39, 0.29) is 5.91 Å². The molecule has 0 aliphatic carbocycles. The van der Waals surface area contributed by atoms with Gasteiger partial charge in [-0.1, -0.05) is 35.5 Å². The quantitative estimate of drug-likeness (QED) is 0.861. The number of piperidine rings is 1. The highest BCUT2D eigenvalue weighted by Crippen LogP contribution is 2.22. The fourth-order valence-corrected chi connectivity index (χ4v) is 2.78. The van der Waals surface area contributed by atoms with Crippen LogP contribution in [0.5, 0.6) is 0 Å². The summed E-state index contributed by atoms with van der Waals surface area (Å²) in [5.74, 6) is 0.702. The van der Waals surface area contributed by atoms with Crippen molar-refractivity contribution in [1.29, 1.82) is 0 Å². The van der Waals surface area contributed by atoms with Gasteiger partial charge in [-0.15, -0.1) is 0 Å². The fourth-order valence-electron chi connectivity index (χ4n) is 2.78. The lowest BCUT2D eigenvalue weighted by atomic mass is 9.90. The zero-order valence-electron chi connectivity index (χ0n) is 11.4. The molecule has 0 atom stereocenters. The Morgan fingerprint density at radius 1 is 1.25 bits per heavy atom. The number of likely N-dealkylation sites (tertiary alicyclic amines) is 1. The summed E-state index contributed by atoms with van der Waals surface area (Å²) < 4.78 is 4.73. The minimum Gasteiger partial charge on any atom is -0.364 e. The van der Waals surface area contributed by atoms with Crippen molar-refractivity contribution >= 4 is 5.91 Å². The van der Waals surface area contributed by atoms with Crippen LogP contribution in [0.2, 0.25) is 0 Å². The van der Waals surface area contributed by atoms with Crippen molar-refractivity contribution < 1.29 is 9.32 Å². The molecule has 1 saturated heterocycles. The number of hydrogen-bond donors (Lipinski definition) is 0. The van der Waals surface area contributed by atoms with Gasteiger partial charge in [-0.3, -0.25) is 4.79 Å². The Hall–Kier alpha value is -2.10. The predicted molar refractivity (Wildman–Crippen MR) is 75.3 cm³/mol. The highest BCUT2D eigenvalue weighted by atomic mass is 16.5. The molecule has 0 saturated carbocycles. The lowest BCUT2D eigenvalue weighted by molar-refractivity contribution is 0.0690. The number of aromatic nitrogens is 1. The third-order valence-electron chi connectivity index (χ3n) is 3.95. The van der Waals surface area contributed by atoms with E-state index in [9.17, 15) is 4.79 Å². The Labute approximate surface area is 118 Å². The first-order valence-electron chi connectivity index (χ1n) is 7.05. The molecule has 3 rings (SSSR count). The van der Waals surface area contributed by atoms with Gasteiger partial charge in [0.2, 0.25) is 0 Å². The monoisotopic (exact) mass is 270 g/mol. The van der Waals surface area contributed by atoms with Gasteiger partial charge in [0.25, 0.3) is 5.91 Å². The van der Waals surface area contributed by atoms with Crippen LogP contribution in [0, 0.1) is 5.92 Å². The van der Waals surface area contributed by atoms with Gasteiger partial charge in [0.1, 0.15) is 6.26 Å². The minimum atomic E-state index is 0.0319. The molecule has 104 valence electrons. The highest BCUT2D eigenvalue weighted by Gasteiger charge is 2.24. The van der Waals surface area contributed by atoms with Gasteiger partial charge in [-0.05, 0) is 30.7 Å². The van der Waals surface area contributed by atoms with Crippen LogP contribution in [-0.2, 0) is 6.42 Å². The van der Waals surface area contributed by atoms with Crippen molar-refractivity contribution in [2.24, 2.45) is 5.92 Å². The maximum absolute atomic E-state index is 12.2. The molecule has 1 fully saturated rings. The van der Waals surface area contributed by atoms with E-state index in [1.54, 1.807) is 0 Å². The van der Waals surface area contributed by atoms with E-state index in [0.717, 1.165) is 32.4 Å². The SMILES string of the molecule is O=C(c1cnoc1)N1CCC(Cc2ccccc2)CC1. The maximum atomic E-state index is 12.2. The number of carbonyl (C=O) groups is 1. The van der Waals surface area contributed by atoms with E-state index in [4.69, 9.17) is 4.52 Å². The molecule has 0 unspecified atom stereocenters. The van der Waals surface area contributed by atoms with Gasteiger partial charge in [-0.2, -0.15) is 0 Å². The molecule has 0 N–H and O–H groups in total. The second-order valence-electron chi connectivity index (χ2n) is 5.34. The summed E-state index contributed by atoms with van der Waals surface area (Å²) in [5.41, 5.74) is 1.93. The molecule has 4 heteroatoms. The van der Waals surface area contributed by atoms with Gasteiger partial charge >= 0.3 is 0 Å². The summed E-state index contributed by atoms with van der Waals surface area (Å²) in [6, 6.07) is 10.6. The molecule has 0 spiro atoms. The standard InChI is InChI=1S/C16H18N2O2/c19-16(15-11-17-20-12-15)18-8-6-14(7-9-18)10-13-4-2-1-3-5-13/h1-5,11-12,14H,6-10H2. The topological polar surface area (TPSA) is 46.3 Å². The van der Waals surface area contributed by atoms with E-state index in [1.807, 2.05) is 11.0 Å².